The Morgan fingerprint density at radius 3 is 2.48 bits per heavy atom. The minimum Gasteiger partial charge on any atom is -0.392 e. The van der Waals surface area contributed by atoms with Gasteiger partial charge in [0.2, 0.25) is 10.0 Å². The van der Waals surface area contributed by atoms with Gasteiger partial charge < -0.3 is 10.0 Å². The highest BCUT2D eigenvalue weighted by molar-refractivity contribution is 9.10. The predicted molar refractivity (Wildman–Crippen MR) is 114 cm³/mol. The van der Waals surface area contributed by atoms with E-state index in [9.17, 15) is 13.5 Å². The average Bonchev–Trinajstić information content (AvgIpc) is 2.61. The van der Waals surface area contributed by atoms with Crippen LogP contribution in [0.1, 0.15) is 40.0 Å². The standard InChI is InChI=1S/C19H32BrN3O3S/c1-4-6-15(3)21-27(25,26)19-8-7-16(20)13-18(19)23-11-9-22(10-12-23)14-17(24)5-2/h7-8,13,15,17,21,24H,4-6,9-12,14H2,1-3H3/t15?,17-/m0/s1. The van der Waals surface area contributed by atoms with Gasteiger partial charge in [-0.3, -0.25) is 4.90 Å². The van der Waals surface area contributed by atoms with Gasteiger partial charge in [0.1, 0.15) is 4.90 Å². The van der Waals surface area contributed by atoms with Gasteiger partial charge in [-0.25, -0.2) is 13.1 Å². The van der Waals surface area contributed by atoms with E-state index in [1.165, 1.54) is 0 Å². The predicted octanol–water partition coefficient (Wildman–Crippen LogP) is 2.81. The molecule has 1 unspecified atom stereocenters. The fourth-order valence-corrected chi connectivity index (χ4v) is 5.22. The smallest absolute Gasteiger partial charge is 0.242 e. The number of benzene rings is 1. The normalized spacial score (nSPS) is 18.5. The van der Waals surface area contributed by atoms with Crippen LogP contribution in [0.5, 0.6) is 0 Å². The molecule has 1 aromatic carbocycles. The molecule has 1 heterocycles. The largest absolute Gasteiger partial charge is 0.392 e. The molecule has 2 rings (SSSR count). The molecule has 2 atom stereocenters. The number of nitrogens with one attached hydrogen (secondary N) is 1. The van der Waals surface area contributed by atoms with Gasteiger partial charge in [-0.15, -0.1) is 0 Å². The maximum absolute atomic E-state index is 12.9. The Hall–Kier alpha value is -0.670. The van der Waals surface area contributed by atoms with Gasteiger partial charge in [-0.2, -0.15) is 0 Å². The van der Waals surface area contributed by atoms with Crippen molar-refractivity contribution in [3.63, 3.8) is 0 Å². The van der Waals surface area contributed by atoms with Crippen LogP contribution >= 0.6 is 15.9 Å². The van der Waals surface area contributed by atoms with Crippen LogP contribution in [-0.4, -0.2) is 63.3 Å². The maximum atomic E-state index is 12.9. The highest BCUT2D eigenvalue weighted by Gasteiger charge is 2.26. The van der Waals surface area contributed by atoms with Crippen LogP contribution in [0, 0.1) is 0 Å². The second-order valence-electron chi connectivity index (χ2n) is 7.27. The first-order valence-corrected chi connectivity index (χ1v) is 12.0. The summed E-state index contributed by atoms with van der Waals surface area (Å²) in [4.78, 5) is 4.69. The first kappa shape index (κ1) is 22.6. The first-order chi connectivity index (χ1) is 12.8. The molecule has 1 aromatic rings. The van der Waals surface area contributed by atoms with E-state index in [0.717, 1.165) is 55.6 Å². The quantitative estimate of drug-likeness (QED) is 0.591. The zero-order chi connectivity index (χ0) is 20.0. The molecule has 1 fully saturated rings. The number of anilines is 1. The van der Waals surface area contributed by atoms with E-state index in [4.69, 9.17) is 0 Å². The van der Waals surface area contributed by atoms with Crippen molar-refractivity contribution in [1.82, 2.24) is 9.62 Å². The zero-order valence-electron chi connectivity index (χ0n) is 16.5. The lowest BCUT2D eigenvalue weighted by Crippen LogP contribution is -2.49. The van der Waals surface area contributed by atoms with Gasteiger partial charge in [0.15, 0.2) is 0 Å². The summed E-state index contributed by atoms with van der Waals surface area (Å²) in [7, 11) is -3.58. The van der Waals surface area contributed by atoms with Crippen molar-refractivity contribution >= 4 is 31.6 Å². The first-order valence-electron chi connectivity index (χ1n) is 9.74. The number of hydrogen-bond acceptors (Lipinski definition) is 5. The van der Waals surface area contributed by atoms with E-state index < -0.39 is 10.0 Å². The average molecular weight is 462 g/mol. The Morgan fingerprint density at radius 1 is 1.22 bits per heavy atom. The third kappa shape index (κ3) is 6.42. The number of piperazine rings is 1. The number of sulfonamides is 1. The molecule has 0 aliphatic carbocycles. The highest BCUT2D eigenvalue weighted by atomic mass is 79.9. The number of halogens is 1. The fraction of sp³-hybridized carbons (Fsp3) is 0.684. The monoisotopic (exact) mass is 461 g/mol. The minimum absolute atomic E-state index is 0.0936. The summed E-state index contributed by atoms with van der Waals surface area (Å²) in [5.74, 6) is 0. The molecule has 1 saturated heterocycles. The molecule has 0 amide bonds. The molecule has 1 aliphatic heterocycles. The summed E-state index contributed by atoms with van der Waals surface area (Å²) >= 11 is 3.47. The van der Waals surface area contributed by atoms with Gasteiger partial charge in [-0.1, -0.05) is 36.2 Å². The van der Waals surface area contributed by atoms with Crippen molar-refractivity contribution in [2.24, 2.45) is 0 Å². The molecule has 0 radical (unpaired) electrons. The van der Waals surface area contributed by atoms with Crippen LogP contribution < -0.4 is 9.62 Å². The Bertz CT molecular complexity index is 706. The number of nitrogens with zero attached hydrogens (tertiary/aromatic N) is 2. The fourth-order valence-electron chi connectivity index (χ4n) is 3.38. The number of β-amino-alcohol motifs (C(OH)–C–C–N with tert-alkyl or cyclic N) is 1. The van der Waals surface area contributed by atoms with E-state index in [2.05, 4.69) is 30.5 Å². The summed E-state index contributed by atoms with van der Waals surface area (Å²) in [5, 5.41) is 9.86. The van der Waals surface area contributed by atoms with Crippen LogP contribution in [-0.2, 0) is 10.0 Å². The van der Waals surface area contributed by atoms with Gasteiger partial charge in [0.05, 0.1) is 11.8 Å². The molecule has 6 nitrogen and oxygen atoms in total. The Morgan fingerprint density at radius 2 is 1.89 bits per heavy atom. The second kappa shape index (κ2) is 10.2. The van der Waals surface area contributed by atoms with Crippen molar-refractivity contribution in [3.8, 4) is 0 Å². The lowest BCUT2D eigenvalue weighted by molar-refractivity contribution is 0.106. The van der Waals surface area contributed by atoms with E-state index in [0.29, 0.717) is 11.4 Å². The number of rotatable bonds is 9. The summed E-state index contributed by atoms with van der Waals surface area (Å²) in [5.41, 5.74) is 0.733. The van der Waals surface area contributed by atoms with Crippen molar-refractivity contribution in [3.05, 3.63) is 22.7 Å². The van der Waals surface area contributed by atoms with Gasteiger partial charge in [0, 0.05) is 43.2 Å². The van der Waals surface area contributed by atoms with Gasteiger partial charge in [0.25, 0.3) is 0 Å². The molecule has 0 bridgehead atoms. The topological polar surface area (TPSA) is 72.9 Å². The molecule has 0 aromatic heterocycles. The Balaban J connectivity index is 2.17. The number of aliphatic hydroxyl groups excluding tert-OH is 1. The van der Waals surface area contributed by atoms with Crippen molar-refractivity contribution < 1.29 is 13.5 Å². The summed E-state index contributed by atoms with van der Waals surface area (Å²) in [6.45, 7) is 9.68. The molecular weight excluding hydrogens is 430 g/mol. The summed E-state index contributed by atoms with van der Waals surface area (Å²) in [6.07, 6.45) is 2.18. The van der Waals surface area contributed by atoms with E-state index in [1.807, 2.05) is 26.8 Å². The van der Waals surface area contributed by atoms with Crippen LogP contribution in [0.15, 0.2) is 27.6 Å². The highest BCUT2D eigenvalue weighted by Crippen LogP contribution is 2.30. The Labute approximate surface area is 172 Å². The maximum Gasteiger partial charge on any atom is 0.242 e. The van der Waals surface area contributed by atoms with Crippen LogP contribution in [0.4, 0.5) is 5.69 Å². The third-order valence-corrected chi connectivity index (χ3v) is 7.07. The van der Waals surface area contributed by atoms with Crippen LogP contribution in [0.3, 0.4) is 0 Å². The minimum atomic E-state index is -3.58. The molecule has 1 aliphatic rings. The van der Waals surface area contributed by atoms with E-state index >= 15 is 0 Å². The summed E-state index contributed by atoms with van der Waals surface area (Å²) < 4.78 is 29.6. The zero-order valence-corrected chi connectivity index (χ0v) is 18.9. The number of aliphatic hydroxyl groups is 1. The van der Waals surface area contributed by atoms with Gasteiger partial charge >= 0.3 is 0 Å². The molecule has 0 spiro atoms. The second-order valence-corrected chi connectivity index (χ2v) is 9.87. The summed E-state index contributed by atoms with van der Waals surface area (Å²) in [6, 6.07) is 5.24. The lowest BCUT2D eigenvalue weighted by Gasteiger charge is -2.37. The molecular formula is C19H32BrN3O3S. The molecule has 8 heteroatoms. The lowest BCUT2D eigenvalue weighted by atomic mass is 10.2. The van der Waals surface area contributed by atoms with Crippen LogP contribution in [0.25, 0.3) is 0 Å². The molecule has 2 N–H and O–H groups in total. The van der Waals surface area contributed by atoms with Crippen molar-refractivity contribution in [2.45, 2.75) is 57.1 Å². The Kier molecular flexibility index (Phi) is 8.55. The van der Waals surface area contributed by atoms with Gasteiger partial charge in [-0.05, 0) is 38.0 Å². The van der Waals surface area contributed by atoms with E-state index in [-0.39, 0.29) is 12.1 Å². The molecule has 27 heavy (non-hydrogen) atoms. The van der Waals surface area contributed by atoms with Crippen molar-refractivity contribution in [2.75, 3.05) is 37.6 Å². The van der Waals surface area contributed by atoms with Crippen molar-refractivity contribution in [1.29, 1.82) is 0 Å². The molecule has 0 saturated carbocycles. The SMILES string of the molecule is CCCC(C)NS(=O)(=O)c1ccc(Br)cc1N1CCN(C[C@@H](O)CC)CC1. The van der Waals surface area contributed by atoms with E-state index in [1.54, 1.807) is 12.1 Å². The van der Waals surface area contributed by atoms with Crippen LogP contribution in [0.2, 0.25) is 0 Å². The molecule has 154 valence electrons. The third-order valence-electron chi connectivity index (χ3n) is 4.94. The number of hydrogen-bond donors (Lipinski definition) is 2.